The molecule has 2 aromatic heterocycles. The lowest BCUT2D eigenvalue weighted by atomic mass is 10.0. The number of likely N-dealkylation sites (N-methyl/N-ethyl adjacent to an activating group) is 1. The molecule has 0 spiro atoms. The Morgan fingerprint density at radius 3 is 2.72 bits per heavy atom. The van der Waals surface area contributed by atoms with Gasteiger partial charge in [-0.1, -0.05) is 0 Å². The number of thiazole rings is 1. The van der Waals surface area contributed by atoms with Gasteiger partial charge in [0.05, 0.1) is 18.4 Å². The van der Waals surface area contributed by atoms with Gasteiger partial charge in [-0.05, 0) is 39.1 Å². The molecule has 0 aromatic carbocycles. The Balaban J connectivity index is 1.46. The summed E-state index contributed by atoms with van der Waals surface area (Å²) in [6.07, 6.45) is 5.51. The molecule has 1 fully saturated rings. The Bertz CT molecular complexity index is 665. The van der Waals surface area contributed by atoms with Gasteiger partial charge in [-0.15, -0.1) is 11.3 Å². The summed E-state index contributed by atoms with van der Waals surface area (Å²) < 4.78 is 0. The van der Waals surface area contributed by atoms with E-state index in [4.69, 9.17) is 0 Å². The van der Waals surface area contributed by atoms with Crippen LogP contribution in [0.2, 0.25) is 0 Å². The molecule has 0 bridgehead atoms. The molecule has 3 rings (SSSR count). The molecule has 25 heavy (non-hydrogen) atoms. The van der Waals surface area contributed by atoms with E-state index in [1.165, 1.54) is 0 Å². The number of pyridine rings is 1. The van der Waals surface area contributed by atoms with Crippen LogP contribution in [0.1, 0.15) is 12.8 Å². The molecule has 0 saturated carbocycles. The van der Waals surface area contributed by atoms with Crippen LogP contribution in [0.5, 0.6) is 0 Å². The highest BCUT2D eigenvalue weighted by molar-refractivity contribution is 7.13. The number of amides is 1. The lowest BCUT2D eigenvalue weighted by molar-refractivity contribution is -0.132. The molecule has 8 heteroatoms. The van der Waals surface area contributed by atoms with Gasteiger partial charge in [0.25, 0.3) is 0 Å². The molecule has 0 aliphatic carbocycles. The van der Waals surface area contributed by atoms with Gasteiger partial charge >= 0.3 is 0 Å². The van der Waals surface area contributed by atoms with Crippen molar-refractivity contribution in [2.24, 2.45) is 0 Å². The molecule has 134 valence electrons. The molecule has 7 nitrogen and oxygen atoms in total. The van der Waals surface area contributed by atoms with E-state index >= 15 is 0 Å². The summed E-state index contributed by atoms with van der Waals surface area (Å²) in [7, 11) is 3.85. The predicted molar refractivity (Wildman–Crippen MR) is 101 cm³/mol. The molecule has 1 amide bonds. The Hall–Kier alpha value is -2.19. The number of hydrogen-bond acceptors (Lipinski definition) is 7. The summed E-state index contributed by atoms with van der Waals surface area (Å²) >= 11 is 1.54. The van der Waals surface area contributed by atoms with E-state index < -0.39 is 0 Å². The molecule has 0 atom stereocenters. The minimum atomic E-state index is 0.211. The second kappa shape index (κ2) is 8.26. The number of likely N-dealkylation sites (tertiary alicyclic amines) is 1. The Morgan fingerprint density at radius 2 is 2.12 bits per heavy atom. The first-order valence-electron chi connectivity index (χ1n) is 8.42. The molecule has 2 aromatic rings. The maximum atomic E-state index is 12.1. The second-order valence-electron chi connectivity index (χ2n) is 6.43. The van der Waals surface area contributed by atoms with Gasteiger partial charge < -0.3 is 20.4 Å². The van der Waals surface area contributed by atoms with Crippen molar-refractivity contribution in [3.05, 3.63) is 29.9 Å². The number of aromatic nitrogens is 2. The fourth-order valence-corrected chi connectivity index (χ4v) is 3.36. The number of nitrogens with one attached hydrogen (secondary N) is 2. The van der Waals surface area contributed by atoms with Gasteiger partial charge in [-0.3, -0.25) is 4.79 Å². The van der Waals surface area contributed by atoms with Crippen molar-refractivity contribution in [2.75, 3.05) is 44.4 Å². The summed E-state index contributed by atoms with van der Waals surface area (Å²) in [5.41, 5.74) is 1.00. The van der Waals surface area contributed by atoms with E-state index in [-0.39, 0.29) is 5.91 Å². The van der Waals surface area contributed by atoms with Crippen molar-refractivity contribution in [3.8, 4) is 0 Å². The van der Waals surface area contributed by atoms with Gasteiger partial charge in [0.15, 0.2) is 5.13 Å². The summed E-state index contributed by atoms with van der Waals surface area (Å²) in [5, 5.41) is 9.45. The molecule has 3 heterocycles. The first-order chi connectivity index (χ1) is 12.1. The summed E-state index contributed by atoms with van der Waals surface area (Å²) in [5.74, 6) is 0.993. The van der Waals surface area contributed by atoms with Gasteiger partial charge in [0, 0.05) is 30.7 Å². The zero-order valence-corrected chi connectivity index (χ0v) is 15.4. The van der Waals surface area contributed by atoms with E-state index in [2.05, 4.69) is 20.6 Å². The van der Waals surface area contributed by atoms with Crippen LogP contribution in [0, 0.1) is 0 Å². The van der Waals surface area contributed by atoms with Crippen molar-refractivity contribution in [3.63, 3.8) is 0 Å². The number of carbonyl (C=O) groups excluding carboxylic acids is 1. The fourth-order valence-electron chi connectivity index (χ4n) is 2.83. The largest absolute Gasteiger partial charge is 0.381 e. The van der Waals surface area contributed by atoms with E-state index in [1.807, 2.05) is 47.6 Å². The SMILES string of the molecule is CN(C)CC(=O)N1CCC(Nc2ccc(Nc3nccs3)nc2)CC1. The summed E-state index contributed by atoms with van der Waals surface area (Å²) in [6.45, 7) is 2.10. The van der Waals surface area contributed by atoms with Crippen LogP contribution < -0.4 is 10.6 Å². The average Bonchev–Trinajstić information content (AvgIpc) is 3.10. The maximum absolute atomic E-state index is 12.1. The highest BCUT2D eigenvalue weighted by Gasteiger charge is 2.22. The molecular weight excluding hydrogens is 336 g/mol. The maximum Gasteiger partial charge on any atom is 0.236 e. The second-order valence-corrected chi connectivity index (χ2v) is 7.33. The Kier molecular flexibility index (Phi) is 5.83. The first-order valence-corrected chi connectivity index (χ1v) is 9.30. The third-order valence-electron chi connectivity index (χ3n) is 4.10. The average molecular weight is 360 g/mol. The molecule has 0 radical (unpaired) electrons. The zero-order chi connectivity index (χ0) is 17.6. The number of hydrogen-bond donors (Lipinski definition) is 2. The van der Waals surface area contributed by atoms with E-state index in [0.29, 0.717) is 12.6 Å². The number of carbonyl (C=O) groups is 1. The van der Waals surface area contributed by atoms with Crippen LogP contribution in [0.3, 0.4) is 0 Å². The molecule has 1 aliphatic heterocycles. The third-order valence-corrected chi connectivity index (χ3v) is 4.79. The minimum Gasteiger partial charge on any atom is -0.381 e. The van der Waals surface area contributed by atoms with Crippen LogP contribution >= 0.6 is 11.3 Å². The normalized spacial score (nSPS) is 15.4. The first kappa shape index (κ1) is 17.6. The molecule has 0 unspecified atom stereocenters. The lowest BCUT2D eigenvalue weighted by Gasteiger charge is -2.33. The number of anilines is 3. The van der Waals surface area contributed by atoms with Crippen molar-refractivity contribution in [1.29, 1.82) is 0 Å². The van der Waals surface area contributed by atoms with Gasteiger partial charge in [0.2, 0.25) is 5.91 Å². The predicted octanol–water partition coefficient (Wildman–Crippen LogP) is 2.25. The van der Waals surface area contributed by atoms with Crippen LogP contribution in [0.4, 0.5) is 16.6 Å². The van der Waals surface area contributed by atoms with E-state index in [9.17, 15) is 4.79 Å². The number of nitrogens with zero attached hydrogens (tertiary/aromatic N) is 4. The standard InChI is InChI=1S/C17H24N6OS/c1-22(2)12-16(24)23-8-5-13(6-9-23)20-14-3-4-15(19-11-14)21-17-18-7-10-25-17/h3-4,7,10-11,13,20H,5-6,8-9,12H2,1-2H3,(H,18,19,21). The van der Waals surface area contributed by atoms with Crippen molar-refractivity contribution >= 4 is 33.9 Å². The summed E-state index contributed by atoms with van der Waals surface area (Å²) in [4.78, 5) is 24.6. The Morgan fingerprint density at radius 1 is 1.32 bits per heavy atom. The fraction of sp³-hybridized carbons (Fsp3) is 0.471. The monoisotopic (exact) mass is 360 g/mol. The van der Waals surface area contributed by atoms with Gasteiger partial charge in [-0.25, -0.2) is 9.97 Å². The third kappa shape index (κ3) is 5.14. The Labute approximate surface area is 152 Å². The smallest absolute Gasteiger partial charge is 0.236 e. The van der Waals surface area contributed by atoms with E-state index in [0.717, 1.165) is 42.6 Å². The highest BCUT2D eigenvalue weighted by atomic mass is 32.1. The topological polar surface area (TPSA) is 73.4 Å². The highest BCUT2D eigenvalue weighted by Crippen LogP contribution is 2.20. The molecule has 1 saturated heterocycles. The van der Waals surface area contributed by atoms with Crippen LogP contribution in [0.25, 0.3) is 0 Å². The zero-order valence-electron chi connectivity index (χ0n) is 14.6. The van der Waals surface area contributed by atoms with E-state index in [1.54, 1.807) is 17.5 Å². The van der Waals surface area contributed by atoms with Crippen molar-refractivity contribution in [1.82, 2.24) is 19.8 Å². The number of piperidine rings is 1. The van der Waals surface area contributed by atoms with Gasteiger partial charge in [-0.2, -0.15) is 0 Å². The van der Waals surface area contributed by atoms with Crippen molar-refractivity contribution in [2.45, 2.75) is 18.9 Å². The molecular formula is C17H24N6OS. The quantitative estimate of drug-likeness (QED) is 0.823. The van der Waals surface area contributed by atoms with Crippen LogP contribution in [0.15, 0.2) is 29.9 Å². The lowest BCUT2D eigenvalue weighted by Crippen LogP contribution is -2.45. The summed E-state index contributed by atoms with van der Waals surface area (Å²) in [6, 6.07) is 4.34. The van der Waals surface area contributed by atoms with Crippen LogP contribution in [-0.2, 0) is 4.79 Å². The van der Waals surface area contributed by atoms with Gasteiger partial charge in [0.1, 0.15) is 5.82 Å². The minimum absolute atomic E-state index is 0.211. The van der Waals surface area contributed by atoms with Crippen molar-refractivity contribution < 1.29 is 4.79 Å². The number of rotatable bonds is 6. The molecule has 1 aliphatic rings. The van der Waals surface area contributed by atoms with Crippen LogP contribution in [-0.4, -0.2) is 65.4 Å². The molecule has 2 N–H and O–H groups in total.